The maximum absolute atomic E-state index is 11.8. The number of imidazole rings is 2. The lowest BCUT2D eigenvalue weighted by atomic mass is 10.2. The normalized spacial score (nSPS) is 9.31. The van der Waals surface area contributed by atoms with Crippen LogP contribution in [-0.4, -0.2) is 49.1 Å². The maximum Gasteiger partial charge on any atom is 0.374 e. The van der Waals surface area contributed by atoms with Gasteiger partial charge in [-0.15, -0.1) is 0 Å². The van der Waals surface area contributed by atoms with Gasteiger partial charge in [0.05, 0.1) is 30.8 Å². The minimum atomic E-state index is -0.434. The van der Waals surface area contributed by atoms with Gasteiger partial charge in [-0.05, 0) is 55.0 Å². The predicted molar refractivity (Wildman–Crippen MR) is 189 cm³/mol. The van der Waals surface area contributed by atoms with Gasteiger partial charge in [0.2, 0.25) is 11.6 Å². The molecule has 2 heterocycles. The van der Waals surface area contributed by atoms with E-state index < -0.39 is 5.97 Å². The van der Waals surface area contributed by atoms with Crippen LogP contribution in [0, 0.1) is 0 Å². The van der Waals surface area contributed by atoms with Crippen molar-refractivity contribution in [3.63, 3.8) is 0 Å². The van der Waals surface area contributed by atoms with E-state index in [1.54, 1.807) is 24.6 Å². The third kappa shape index (κ3) is 12.8. The summed E-state index contributed by atoms with van der Waals surface area (Å²) in [5.74, 6) is -0.240. The van der Waals surface area contributed by atoms with E-state index in [1.807, 2.05) is 61.7 Å². The number of nitrogens with one attached hydrogen (secondary N) is 1. The number of hydrogen-bond acceptors (Lipinski definition) is 6. The molecule has 0 saturated carbocycles. The third-order valence-electron chi connectivity index (χ3n) is 4.92. The Morgan fingerprint density at radius 1 is 0.833 bits per heavy atom. The van der Waals surface area contributed by atoms with Crippen LogP contribution in [0.2, 0.25) is 0 Å². The first-order chi connectivity index (χ1) is 18.8. The van der Waals surface area contributed by atoms with Crippen LogP contribution in [0.25, 0.3) is 22.5 Å². The molecular formula is C31H43Br2IN4O4. The molecule has 2 aromatic carbocycles. The van der Waals surface area contributed by atoms with E-state index in [2.05, 4.69) is 76.3 Å². The lowest BCUT2D eigenvalue weighted by Crippen LogP contribution is -2.12. The average Bonchev–Trinajstić information content (AvgIpc) is 3.59. The molecule has 0 bridgehead atoms. The number of nitrogens with zero attached hydrogens (tertiary/aromatic N) is 3. The number of aromatic amines is 1. The van der Waals surface area contributed by atoms with Gasteiger partial charge < -0.3 is 19.0 Å². The molecule has 0 fully saturated rings. The Bertz CT molecular complexity index is 1320. The predicted octanol–water partition coefficient (Wildman–Crippen LogP) is 9.87. The summed E-state index contributed by atoms with van der Waals surface area (Å²) < 4.78 is 14.9. The number of halogens is 3. The summed E-state index contributed by atoms with van der Waals surface area (Å²) in [6.07, 6.45) is 3.49. The Kier molecular flexibility index (Phi) is 21.9. The van der Waals surface area contributed by atoms with Gasteiger partial charge in [0.1, 0.15) is 0 Å². The van der Waals surface area contributed by atoms with Crippen LogP contribution in [0.1, 0.15) is 71.2 Å². The topological polar surface area (TPSA) is 99.1 Å². The van der Waals surface area contributed by atoms with E-state index in [-0.39, 0.29) is 34.1 Å². The number of ether oxygens (including phenoxy) is 2. The fraction of sp³-hybridized carbons (Fsp3) is 0.355. The smallest absolute Gasteiger partial charge is 0.374 e. The molecule has 0 radical (unpaired) electrons. The summed E-state index contributed by atoms with van der Waals surface area (Å²) in [6, 6.07) is 15.6. The van der Waals surface area contributed by atoms with Gasteiger partial charge in [0, 0.05) is 27.3 Å². The molecule has 2 aromatic heterocycles. The standard InChI is InChI=1S/C14H15BrN2O2.C12H11BrN2O2.C2H5I.3CH4/c1-3-17-9-12(10-5-7-11(15)8-6-10)16-13(17)14(18)19-4-2;1-2-17-12(16)11-14-7-10(15-11)8-3-5-9(13)6-4-8;1-2-3;;;/h5-9H,3-4H2,1-2H3;3-7H,2H2,1H3,(H,14,15);2H2,1H3;3*1H4. The van der Waals surface area contributed by atoms with Crippen LogP contribution in [0.3, 0.4) is 0 Å². The molecule has 4 aromatic rings. The molecule has 0 aliphatic carbocycles. The van der Waals surface area contributed by atoms with Gasteiger partial charge >= 0.3 is 11.9 Å². The van der Waals surface area contributed by atoms with Crippen LogP contribution in [0.15, 0.2) is 69.9 Å². The highest BCUT2D eigenvalue weighted by Crippen LogP contribution is 2.22. The zero-order valence-electron chi connectivity index (χ0n) is 22.2. The van der Waals surface area contributed by atoms with Gasteiger partial charge in [-0.1, -0.05) is 108 Å². The molecule has 11 heteroatoms. The fourth-order valence-corrected chi connectivity index (χ4v) is 3.70. The van der Waals surface area contributed by atoms with Gasteiger partial charge in [-0.25, -0.2) is 19.6 Å². The molecule has 42 heavy (non-hydrogen) atoms. The van der Waals surface area contributed by atoms with Crippen molar-refractivity contribution in [1.82, 2.24) is 19.5 Å². The summed E-state index contributed by atoms with van der Waals surface area (Å²) in [7, 11) is 0. The molecule has 1 N–H and O–H groups in total. The van der Waals surface area contributed by atoms with Crippen LogP contribution >= 0.6 is 54.5 Å². The second kappa shape index (κ2) is 22.1. The Morgan fingerprint density at radius 3 is 1.79 bits per heavy atom. The number of carbonyl (C=O) groups excluding carboxylic acids is 2. The van der Waals surface area contributed by atoms with E-state index in [9.17, 15) is 9.59 Å². The first-order valence-corrected chi connectivity index (χ1v) is 15.4. The van der Waals surface area contributed by atoms with Crippen LogP contribution < -0.4 is 0 Å². The van der Waals surface area contributed by atoms with E-state index >= 15 is 0 Å². The van der Waals surface area contributed by atoms with Gasteiger partial charge in [-0.3, -0.25) is 0 Å². The lowest BCUT2D eigenvalue weighted by Gasteiger charge is -2.02. The molecule has 0 saturated heterocycles. The Balaban J connectivity index is 0. The van der Waals surface area contributed by atoms with Crippen molar-refractivity contribution >= 4 is 66.4 Å². The molecule has 4 rings (SSSR count). The molecule has 8 nitrogen and oxygen atoms in total. The summed E-state index contributed by atoms with van der Waals surface area (Å²) >= 11 is 9.05. The van der Waals surface area contributed by atoms with Crippen LogP contribution in [-0.2, 0) is 16.0 Å². The van der Waals surface area contributed by atoms with Crippen molar-refractivity contribution in [3.8, 4) is 22.5 Å². The zero-order valence-corrected chi connectivity index (χ0v) is 27.5. The number of rotatable bonds is 7. The Morgan fingerprint density at radius 2 is 1.31 bits per heavy atom. The molecule has 232 valence electrons. The highest BCUT2D eigenvalue weighted by atomic mass is 127. The van der Waals surface area contributed by atoms with Crippen LogP contribution in [0.4, 0.5) is 0 Å². The number of benzene rings is 2. The molecule has 0 aliphatic rings. The number of aromatic nitrogens is 4. The van der Waals surface area contributed by atoms with Crippen LogP contribution in [0.5, 0.6) is 0 Å². The van der Waals surface area contributed by atoms with Gasteiger partial charge in [-0.2, -0.15) is 0 Å². The summed E-state index contributed by atoms with van der Waals surface area (Å²) in [4.78, 5) is 34.5. The average molecular weight is 822 g/mol. The number of alkyl halides is 1. The first-order valence-electron chi connectivity index (χ1n) is 12.3. The number of aryl methyl sites for hydroxylation is 1. The minimum absolute atomic E-state index is 0. The highest BCUT2D eigenvalue weighted by Gasteiger charge is 2.17. The van der Waals surface area contributed by atoms with Crippen molar-refractivity contribution in [2.75, 3.05) is 17.6 Å². The largest absolute Gasteiger partial charge is 0.460 e. The van der Waals surface area contributed by atoms with Crippen molar-refractivity contribution in [3.05, 3.63) is 81.5 Å². The quantitative estimate of drug-likeness (QED) is 0.113. The van der Waals surface area contributed by atoms with E-state index in [0.29, 0.717) is 25.6 Å². The van der Waals surface area contributed by atoms with E-state index in [4.69, 9.17) is 9.47 Å². The second-order valence-corrected chi connectivity index (χ2v) is 11.0. The number of carbonyl (C=O) groups is 2. The third-order valence-corrected chi connectivity index (χ3v) is 5.97. The molecule has 0 amide bonds. The number of hydrogen-bond donors (Lipinski definition) is 1. The lowest BCUT2D eigenvalue weighted by molar-refractivity contribution is 0.0500. The van der Waals surface area contributed by atoms with Gasteiger partial charge in [0.15, 0.2) is 0 Å². The fourth-order valence-electron chi connectivity index (χ4n) is 3.18. The molecular weight excluding hydrogens is 779 g/mol. The van der Waals surface area contributed by atoms with Crippen molar-refractivity contribution in [1.29, 1.82) is 0 Å². The Hall–Kier alpha value is -2.51. The van der Waals surface area contributed by atoms with Crippen molar-refractivity contribution in [2.45, 2.75) is 56.5 Å². The number of H-pyrrole nitrogens is 1. The zero-order chi connectivity index (χ0) is 28.8. The van der Waals surface area contributed by atoms with Gasteiger partial charge in [0.25, 0.3) is 0 Å². The first kappa shape index (κ1) is 41.6. The summed E-state index contributed by atoms with van der Waals surface area (Å²) in [6.45, 7) is 8.99. The monoisotopic (exact) mass is 820 g/mol. The minimum Gasteiger partial charge on any atom is -0.460 e. The second-order valence-electron chi connectivity index (χ2n) is 7.60. The molecule has 0 atom stereocenters. The van der Waals surface area contributed by atoms with E-state index in [1.165, 1.54) is 4.43 Å². The molecule has 0 unspecified atom stereocenters. The SMILES string of the molecule is C.C.C.CCI.CCOC(=O)c1nc(-c2ccc(Br)cc2)cn1CC.CCOC(=O)c1ncc(-c2ccc(Br)cc2)[nH]1. The maximum atomic E-state index is 11.8. The van der Waals surface area contributed by atoms with E-state index in [0.717, 1.165) is 31.5 Å². The summed E-state index contributed by atoms with van der Waals surface area (Å²) in [5, 5.41) is 0. The number of esters is 2. The highest BCUT2D eigenvalue weighted by molar-refractivity contribution is 14.1. The molecule has 0 spiro atoms. The molecule has 0 aliphatic heterocycles. The summed E-state index contributed by atoms with van der Waals surface area (Å²) in [5.41, 5.74) is 3.51. The van der Waals surface area contributed by atoms with Crippen molar-refractivity contribution in [2.24, 2.45) is 0 Å². The van der Waals surface area contributed by atoms with Crippen molar-refractivity contribution < 1.29 is 19.1 Å². The Labute approximate surface area is 281 Å².